The van der Waals surface area contributed by atoms with E-state index in [0.29, 0.717) is 16.7 Å². The highest BCUT2D eigenvalue weighted by Gasteiger charge is 2.08. The maximum absolute atomic E-state index is 12.7. The second-order valence-electron chi connectivity index (χ2n) is 5.48. The number of carbonyl (C=O) groups excluding carboxylic acids is 2. The zero-order chi connectivity index (χ0) is 22.0. The molecular weight excluding hydrogens is 371 g/mol. The molecular formula is C23H27FN2O3. The first-order valence-electron chi connectivity index (χ1n) is 9.51. The van der Waals surface area contributed by atoms with Crippen LogP contribution in [0.2, 0.25) is 0 Å². The molecule has 0 aliphatic heterocycles. The fourth-order valence-electron chi connectivity index (χ4n) is 2.40. The number of furan rings is 1. The molecule has 0 bridgehead atoms. The Hall–Kier alpha value is -3.41. The number of nitrogens with one attached hydrogen (secondary N) is 1. The van der Waals surface area contributed by atoms with Crippen LogP contribution in [0.4, 0.5) is 4.39 Å². The molecule has 0 aliphatic rings. The van der Waals surface area contributed by atoms with Gasteiger partial charge in [0.2, 0.25) is 0 Å². The molecule has 2 aromatic heterocycles. The van der Waals surface area contributed by atoms with Gasteiger partial charge in [0.05, 0.1) is 5.69 Å². The van der Waals surface area contributed by atoms with E-state index in [0.717, 1.165) is 10.9 Å². The van der Waals surface area contributed by atoms with E-state index in [1.807, 2.05) is 58.0 Å². The van der Waals surface area contributed by atoms with Crippen LogP contribution in [0.5, 0.6) is 0 Å². The zero-order valence-electron chi connectivity index (χ0n) is 17.4. The van der Waals surface area contributed by atoms with E-state index in [-0.39, 0.29) is 17.4 Å². The van der Waals surface area contributed by atoms with E-state index < -0.39 is 5.91 Å². The minimum absolute atomic E-state index is 0.0422. The molecule has 0 radical (unpaired) electrons. The summed E-state index contributed by atoms with van der Waals surface area (Å²) in [5.41, 5.74) is 7.14. The number of rotatable bonds is 2. The summed E-state index contributed by atoms with van der Waals surface area (Å²) >= 11 is 0. The number of benzene rings is 2. The Morgan fingerprint density at radius 1 is 0.931 bits per heavy atom. The highest BCUT2D eigenvalue weighted by molar-refractivity contribution is 5.97. The smallest absolute Gasteiger partial charge is 0.284 e. The fraction of sp³-hybridized carbons (Fsp3) is 0.217. The molecule has 0 saturated carbocycles. The summed E-state index contributed by atoms with van der Waals surface area (Å²) in [5.74, 6) is -0.910. The Balaban J connectivity index is 0.000000248. The monoisotopic (exact) mass is 398 g/mol. The first kappa shape index (κ1) is 23.6. The van der Waals surface area contributed by atoms with E-state index in [1.165, 1.54) is 24.3 Å². The fourth-order valence-corrected chi connectivity index (χ4v) is 2.40. The molecule has 2 aromatic carbocycles. The molecule has 29 heavy (non-hydrogen) atoms. The van der Waals surface area contributed by atoms with E-state index >= 15 is 0 Å². The average Bonchev–Trinajstić information content (AvgIpc) is 3.35. The summed E-state index contributed by atoms with van der Waals surface area (Å²) in [4.78, 5) is 24.7. The van der Waals surface area contributed by atoms with E-state index in [4.69, 9.17) is 10.2 Å². The SMILES string of the molecule is CC.CC.CC(=O)c1cc2ccccc2[nH]1.NC(=O)c1cc2cc(F)ccc2o1. The summed E-state index contributed by atoms with van der Waals surface area (Å²) in [6.07, 6.45) is 0. The first-order valence-corrected chi connectivity index (χ1v) is 9.51. The minimum atomic E-state index is -0.656. The van der Waals surface area contributed by atoms with Gasteiger partial charge < -0.3 is 15.1 Å². The summed E-state index contributed by atoms with van der Waals surface area (Å²) in [7, 11) is 0. The van der Waals surface area contributed by atoms with Crippen LogP contribution in [0.25, 0.3) is 21.9 Å². The summed E-state index contributed by atoms with van der Waals surface area (Å²) in [6.45, 7) is 9.56. The molecule has 154 valence electrons. The molecule has 0 unspecified atom stereocenters. The largest absolute Gasteiger partial charge is 0.451 e. The lowest BCUT2D eigenvalue weighted by Gasteiger charge is -1.86. The Morgan fingerprint density at radius 3 is 2.17 bits per heavy atom. The van der Waals surface area contributed by atoms with Crippen molar-refractivity contribution in [3.05, 3.63) is 71.9 Å². The van der Waals surface area contributed by atoms with Crippen molar-refractivity contribution in [2.24, 2.45) is 5.73 Å². The number of Topliss-reactive ketones (excluding diaryl/α,β-unsaturated/α-hetero) is 1. The van der Waals surface area contributed by atoms with Gasteiger partial charge in [0, 0.05) is 23.2 Å². The van der Waals surface area contributed by atoms with Crippen molar-refractivity contribution in [1.82, 2.24) is 4.98 Å². The molecule has 2 heterocycles. The number of H-pyrrole nitrogens is 1. The molecule has 1 amide bonds. The Kier molecular flexibility index (Phi) is 9.32. The maximum Gasteiger partial charge on any atom is 0.284 e. The lowest BCUT2D eigenvalue weighted by atomic mass is 10.2. The zero-order valence-corrected chi connectivity index (χ0v) is 17.4. The second kappa shape index (κ2) is 11.4. The number of ketones is 1. The van der Waals surface area contributed by atoms with Gasteiger partial charge in [-0.15, -0.1) is 0 Å². The lowest BCUT2D eigenvalue weighted by molar-refractivity contribution is 0.0974. The third kappa shape index (κ3) is 6.31. The minimum Gasteiger partial charge on any atom is -0.451 e. The summed E-state index contributed by atoms with van der Waals surface area (Å²) in [5, 5.41) is 1.62. The maximum atomic E-state index is 12.7. The number of para-hydroxylation sites is 1. The van der Waals surface area contributed by atoms with Crippen LogP contribution >= 0.6 is 0 Å². The standard InChI is InChI=1S/C10H9NO.C9H6FNO2.2C2H6/c1-7(12)10-6-8-4-2-3-5-9(8)11-10;10-6-1-2-7-5(3-6)4-8(13-7)9(11)12;2*1-2/h2-6,11H,1H3;1-4H,(H2,11,12);2*1-2H3. The molecule has 3 N–H and O–H groups in total. The number of nitrogens with two attached hydrogens (primary N) is 1. The van der Waals surface area contributed by atoms with Gasteiger partial charge in [0.15, 0.2) is 11.5 Å². The van der Waals surface area contributed by atoms with Crippen molar-refractivity contribution in [2.75, 3.05) is 0 Å². The number of aromatic amines is 1. The van der Waals surface area contributed by atoms with Crippen molar-refractivity contribution >= 4 is 33.6 Å². The van der Waals surface area contributed by atoms with Crippen molar-refractivity contribution < 1.29 is 18.4 Å². The van der Waals surface area contributed by atoms with E-state index in [1.54, 1.807) is 6.92 Å². The van der Waals surface area contributed by atoms with Crippen molar-refractivity contribution in [2.45, 2.75) is 34.6 Å². The summed E-state index contributed by atoms with van der Waals surface area (Å²) in [6, 6.07) is 15.1. The second-order valence-corrected chi connectivity index (χ2v) is 5.48. The van der Waals surface area contributed by atoms with Crippen molar-refractivity contribution in [1.29, 1.82) is 0 Å². The van der Waals surface area contributed by atoms with Gasteiger partial charge in [0.25, 0.3) is 5.91 Å². The van der Waals surface area contributed by atoms with Crippen LogP contribution in [0, 0.1) is 5.82 Å². The number of amides is 1. The van der Waals surface area contributed by atoms with Crippen LogP contribution in [0.1, 0.15) is 55.7 Å². The molecule has 6 heteroatoms. The predicted molar refractivity (Wildman–Crippen MR) is 116 cm³/mol. The first-order chi connectivity index (χ1) is 13.9. The predicted octanol–water partition coefficient (Wildman–Crippen LogP) is 6.09. The number of carbonyl (C=O) groups is 2. The van der Waals surface area contributed by atoms with E-state index in [9.17, 15) is 14.0 Å². The lowest BCUT2D eigenvalue weighted by Crippen LogP contribution is -2.08. The van der Waals surface area contributed by atoms with Crippen LogP contribution in [-0.4, -0.2) is 16.7 Å². The van der Waals surface area contributed by atoms with Crippen LogP contribution in [0.3, 0.4) is 0 Å². The highest BCUT2D eigenvalue weighted by atomic mass is 19.1. The number of hydrogen-bond donors (Lipinski definition) is 2. The number of aromatic nitrogens is 1. The quantitative estimate of drug-likeness (QED) is 0.400. The molecule has 0 fully saturated rings. The molecule has 5 nitrogen and oxygen atoms in total. The van der Waals surface area contributed by atoms with Crippen molar-refractivity contribution in [3.63, 3.8) is 0 Å². The Morgan fingerprint density at radius 2 is 1.59 bits per heavy atom. The molecule has 4 aromatic rings. The number of hydrogen-bond acceptors (Lipinski definition) is 3. The molecule has 0 atom stereocenters. The van der Waals surface area contributed by atoms with Gasteiger partial charge in [0.1, 0.15) is 11.4 Å². The number of primary amides is 1. The topological polar surface area (TPSA) is 89.1 Å². The number of halogens is 1. The molecule has 0 aliphatic carbocycles. The average molecular weight is 398 g/mol. The van der Waals surface area contributed by atoms with Gasteiger partial charge in [-0.05, 0) is 36.4 Å². The van der Waals surface area contributed by atoms with Gasteiger partial charge >= 0.3 is 0 Å². The molecule has 0 spiro atoms. The molecule has 0 saturated heterocycles. The van der Waals surface area contributed by atoms with Gasteiger partial charge in [-0.1, -0.05) is 45.9 Å². The molecule has 4 rings (SSSR count). The number of fused-ring (bicyclic) bond motifs is 2. The van der Waals surface area contributed by atoms with Crippen LogP contribution in [-0.2, 0) is 0 Å². The Bertz CT molecular complexity index is 1050. The highest BCUT2D eigenvalue weighted by Crippen LogP contribution is 2.19. The normalized spacial score (nSPS) is 9.45. The summed E-state index contributed by atoms with van der Waals surface area (Å²) < 4.78 is 17.7. The Labute approximate surface area is 169 Å². The van der Waals surface area contributed by atoms with Crippen LogP contribution < -0.4 is 5.73 Å². The van der Waals surface area contributed by atoms with Gasteiger partial charge in [-0.3, -0.25) is 9.59 Å². The van der Waals surface area contributed by atoms with Crippen molar-refractivity contribution in [3.8, 4) is 0 Å². The van der Waals surface area contributed by atoms with E-state index in [2.05, 4.69) is 4.98 Å². The van der Waals surface area contributed by atoms with Gasteiger partial charge in [-0.2, -0.15) is 0 Å². The van der Waals surface area contributed by atoms with Gasteiger partial charge in [-0.25, -0.2) is 4.39 Å². The third-order valence-electron chi connectivity index (χ3n) is 3.63. The third-order valence-corrected chi connectivity index (χ3v) is 3.63. The van der Waals surface area contributed by atoms with Crippen LogP contribution in [0.15, 0.2) is 59.0 Å².